The zero-order chi connectivity index (χ0) is 16.0. The van der Waals surface area contributed by atoms with Crippen molar-refractivity contribution >= 4 is 55.0 Å². The number of hydrogen-bond acceptors (Lipinski definition) is 4. The van der Waals surface area contributed by atoms with E-state index in [1.807, 2.05) is 47.0 Å². The van der Waals surface area contributed by atoms with Gasteiger partial charge in [-0.25, -0.2) is 9.97 Å². The van der Waals surface area contributed by atoms with Gasteiger partial charge in [-0.3, -0.25) is 4.79 Å². The first-order valence-electron chi connectivity index (χ1n) is 7.08. The van der Waals surface area contributed by atoms with Gasteiger partial charge in [0.15, 0.2) is 5.65 Å². The smallest absolute Gasteiger partial charge is 0.325 e. The van der Waals surface area contributed by atoms with Crippen molar-refractivity contribution in [3.8, 4) is 0 Å². The molecule has 0 saturated carbocycles. The van der Waals surface area contributed by atoms with Crippen LogP contribution in [0.5, 0.6) is 0 Å². The van der Waals surface area contributed by atoms with Crippen LogP contribution >= 0.6 is 15.9 Å². The quantitative estimate of drug-likeness (QED) is 0.505. The third-order valence-corrected chi connectivity index (χ3v) is 4.32. The molecule has 0 aliphatic rings. The highest BCUT2D eigenvalue weighted by molar-refractivity contribution is 9.10. The Hall–Kier alpha value is -2.47. The minimum Gasteiger partial charge on any atom is -0.468 e. The molecule has 4 aromatic rings. The monoisotopic (exact) mass is 369 g/mol. The number of para-hydroxylation sites is 2. The Morgan fingerprint density at radius 1 is 1.17 bits per heavy atom. The van der Waals surface area contributed by atoms with Crippen molar-refractivity contribution in [1.82, 2.24) is 14.5 Å². The van der Waals surface area contributed by atoms with Crippen LogP contribution in [-0.2, 0) is 16.1 Å². The lowest BCUT2D eigenvalue weighted by atomic mass is 10.2. The van der Waals surface area contributed by atoms with Crippen LogP contribution < -0.4 is 0 Å². The van der Waals surface area contributed by atoms with Crippen LogP contribution in [0.15, 0.2) is 46.9 Å². The first-order chi connectivity index (χ1) is 11.2. The standard InChI is InChI=1S/C17H12BrN3O2/c1-23-15(22)9-21-14-7-6-10(18)8-11(14)16-17(21)20-13-5-3-2-4-12(13)19-16/h2-8H,9H2,1H3. The number of carbonyl (C=O) groups excluding carboxylic acids is 1. The van der Waals surface area contributed by atoms with Gasteiger partial charge < -0.3 is 9.30 Å². The van der Waals surface area contributed by atoms with Gasteiger partial charge in [-0.15, -0.1) is 0 Å². The summed E-state index contributed by atoms with van der Waals surface area (Å²) in [7, 11) is 1.38. The number of esters is 1. The van der Waals surface area contributed by atoms with Gasteiger partial charge in [0.2, 0.25) is 0 Å². The van der Waals surface area contributed by atoms with E-state index >= 15 is 0 Å². The van der Waals surface area contributed by atoms with Gasteiger partial charge in [-0.1, -0.05) is 28.1 Å². The summed E-state index contributed by atoms with van der Waals surface area (Å²) in [6.45, 7) is 0.102. The Balaban J connectivity index is 2.14. The summed E-state index contributed by atoms with van der Waals surface area (Å²) >= 11 is 3.49. The second kappa shape index (κ2) is 5.31. The highest BCUT2D eigenvalue weighted by Gasteiger charge is 2.17. The fourth-order valence-electron chi connectivity index (χ4n) is 2.76. The zero-order valence-electron chi connectivity index (χ0n) is 12.3. The number of halogens is 1. The maximum atomic E-state index is 11.8. The van der Waals surface area contributed by atoms with E-state index in [1.165, 1.54) is 7.11 Å². The molecule has 23 heavy (non-hydrogen) atoms. The Labute approximate surface area is 140 Å². The van der Waals surface area contributed by atoms with Gasteiger partial charge in [0.05, 0.1) is 23.7 Å². The summed E-state index contributed by atoms with van der Waals surface area (Å²) < 4.78 is 7.62. The van der Waals surface area contributed by atoms with E-state index < -0.39 is 0 Å². The molecule has 2 aromatic heterocycles. The summed E-state index contributed by atoms with van der Waals surface area (Å²) in [5, 5.41) is 0.955. The van der Waals surface area contributed by atoms with E-state index in [2.05, 4.69) is 15.9 Å². The fourth-order valence-corrected chi connectivity index (χ4v) is 3.12. The maximum Gasteiger partial charge on any atom is 0.325 e. The Morgan fingerprint density at radius 2 is 1.91 bits per heavy atom. The largest absolute Gasteiger partial charge is 0.468 e. The van der Waals surface area contributed by atoms with Gasteiger partial charge in [0.1, 0.15) is 12.1 Å². The van der Waals surface area contributed by atoms with Crippen molar-refractivity contribution in [1.29, 1.82) is 0 Å². The molecule has 2 aromatic carbocycles. The number of benzene rings is 2. The number of methoxy groups -OCH3 is 1. The second-order valence-electron chi connectivity index (χ2n) is 5.21. The molecule has 0 aliphatic carbocycles. The molecule has 0 unspecified atom stereocenters. The number of hydrogen-bond donors (Lipinski definition) is 0. The van der Waals surface area contributed by atoms with Crippen LogP contribution in [0, 0.1) is 0 Å². The van der Waals surface area contributed by atoms with E-state index in [-0.39, 0.29) is 12.5 Å². The highest BCUT2D eigenvalue weighted by atomic mass is 79.9. The normalized spacial score (nSPS) is 11.4. The van der Waals surface area contributed by atoms with E-state index in [0.717, 1.165) is 31.9 Å². The van der Waals surface area contributed by atoms with E-state index in [9.17, 15) is 4.79 Å². The van der Waals surface area contributed by atoms with Crippen molar-refractivity contribution in [2.45, 2.75) is 6.54 Å². The Morgan fingerprint density at radius 3 is 2.65 bits per heavy atom. The second-order valence-corrected chi connectivity index (χ2v) is 6.12. The number of carbonyl (C=O) groups is 1. The lowest BCUT2D eigenvalue weighted by Crippen LogP contribution is -2.11. The van der Waals surface area contributed by atoms with Gasteiger partial charge >= 0.3 is 5.97 Å². The predicted molar refractivity (Wildman–Crippen MR) is 92.3 cm³/mol. The zero-order valence-corrected chi connectivity index (χ0v) is 13.9. The molecule has 0 radical (unpaired) electrons. The molecule has 114 valence electrons. The average molecular weight is 370 g/mol. The minimum absolute atomic E-state index is 0.102. The number of fused-ring (bicyclic) bond motifs is 4. The molecule has 2 heterocycles. The van der Waals surface area contributed by atoms with Crippen molar-refractivity contribution in [2.75, 3.05) is 7.11 Å². The first-order valence-corrected chi connectivity index (χ1v) is 7.88. The van der Waals surface area contributed by atoms with Crippen molar-refractivity contribution in [2.24, 2.45) is 0 Å². The third-order valence-electron chi connectivity index (χ3n) is 3.83. The highest BCUT2D eigenvalue weighted by Crippen LogP contribution is 2.30. The minimum atomic E-state index is -0.318. The summed E-state index contributed by atoms with van der Waals surface area (Å²) in [6, 6.07) is 13.6. The molecule has 0 saturated heterocycles. The topological polar surface area (TPSA) is 57.0 Å². The molecule has 0 atom stereocenters. The Kier molecular flexibility index (Phi) is 3.27. The molecular formula is C17H12BrN3O2. The molecule has 4 rings (SSSR count). The number of rotatable bonds is 2. The summed E-state index contributed by atoms with van der Waals surface area (Å²) in [5.41, 5.74) is 4.00. The average Bonchev–Trinajstić information content (AvgIpc) is 2.85. The molecule has 6 heteroatoms. The molecule has 0 bridgehead atoms. The lowest BCUT2D eigenvalue weighted by molar-refractivity contribution is -0.141. The maximum absolute atomic E-state index is 11.8. The molecule has 0 spiro atoms. The molecule has 0 amide bonds. The lowest BCUT2D eigenvalue weighted by Gasteiger charge is -2.05. The van der Waals surface area contributed by atoms with E-state index in [4.69, 9.17) is 14.7 Å². The van der Waals surface area contributed by atoms with Gasteiger partial charge in [0.25, 0.3) is 0 Å². The summed E-state index contributed by atoms with van der Waals surface area (Å²) in [6.07, 6.45) is 0. The summed E-state index contributed by atoms with van der Waals surface area (Å²) in [5.74, 6) is -0.318. The van der Waals surface area contributed by atoms with Gasteiger partial charge in [-0.05, 0) is 30.3 Å². The molecule has 0 fully saturated rings. The van der Waals surface area contributed by atoms with Crippen molar-refractivity contribution in [3.63, 3.8) is 0 Å². The fraction of sp³-hybridized carbons (Fsp3) is 0.118. The van der Waals surface area contributed by atoms with Crippen LogP contribution in [0.2, 0.25) is 0 Å². The Bertz CT molecular complexity index is 1070. The van der Waals surface area contributed by atoms with Crippen LogP contribution in [0.25, 0.3) is 33.1 Å². The van der Waals surface area contributed by atoms with Crippen LogP contribution in [0.1, 0.15) is 0 Å². The first kappa shape index (κ1) is 14.1. The molecular weight excluding hydrogens is 358 g/mol. The predicted octanol–water partition coefficient (Wildman–Crippen LogP) is 3.67. The van der Waals surface area contributed by atoms with Crippen LogP contribution in [0.4, 0.5) is 0 Å². The van der Waals surface area contributed by atoms with E-state index in [1.54, 1.807) is 0 Å². The van der Waals surface area contributed by atoms with Crippen LogP contribution in [-0.4, -0.2) is 27.6 Å². The van der Waals surface area contributed by atoms with Crippen molar-refractivity contribution in [3.05, 3.63) is 46.9 Å². The SMILES string of the molecule is COC(=O)Cn1c2ccc(Br)cc2c2nc3ccccc3nc21. The third kappa shape index (κ3) is 2.26. The molecule has 5 nitrogen and oxygen atoms in total. The molecule has 0 aliphatic heterocycles. The van der Waals surface area contributed by atoms with Gasteiger partial charge in [-0.2, -0.15) is 0 Å². The van der Waals surface area contributed by atoms with E-state index in [0.29, 0.717) is 5.65 Å². The van der Waals surface area contributed by atoms with Crippen molar-refractivity contribution < 1.29 is 9.53 Å². The van der Waals surface area contributed by atoms with Gasteiger partial charge in [0, 0.05) is 9.86 Å². The number of nitrogens with zero attached hydrogens (tertiary/aromatic N) is 3. The molecule has 0 N–H and O–H groups in total. The summed E-state index contributed by atoms with van der Waals surface area (Å²) in [4.78, 5) is 21.3. The number of aromatic nitrogens is 3. The van der Waals surface area contributed by atoms with Crippen LogP contribution in [0.3, 0.4) is 0 Å². The number of ether oxygens (including phenoxy) is 1.